The van der Waals surface area contributed by atoms with Crippen molar-refractivity contribution in [1.82, 2.24) is 19.2 Å². The Morgan fingerprint density at radius 3 is 1.53 bits per heavy atom. The van der Waals surface area contributed by atoms with Crippen LogP contribution in [0.15, 0.2) is 0 Å². The second-order valence-corrected chi connectivity index (χ2v) is 27.3. The Kier molecular flexibility index (Phi) is 44.2. The van der Waals surface area contributed by atoms with Crippen molar-refractivity contribution in [3.05, 3.63) is 0 Å². The van der Waals surface area contributed by atoms with Gasteiger partial charge in [-0.2, -0.15) is 17.0 Å². The number of alkyl carbamates (subject to hydrolysis) is 1. The third-order valence-electron chi connectivity index (χ3n) is 9.85. The van der Waals surface area contributed by atoms with E-state index in [1.54, 1.807) is 32.1 Å². The zero-order valence-electron chi connectivity index (χ0n) is 36.1. The first-order chi connectivity index (χ1) is 24.2. The van der Waals surface area contributed by atoms with E-state index >= 15 is 0 Å². The number of nitrogens with one attached hydrogen (secondary N) is 2. The molecule has 0 aromatic rings. The number of aliphatic hydroxyl groups excluding tert-OH is 1. The van der Waals surface area contributed by atoms with E-state index in [-0.39, 0.29) is 87.8 Å². The summed E-state index contributed by atoms with van der Waals surface area (Å²) in [5.74, 6) is -0.115. The van der Waals surface area contributed by atoms with Crippen LogP contribution in [0.2, 0.25) is 0 Å². The van der Waals surface area contributed by atoms with Gasteiger partial charge in [-0.05, 0) is 65.3 Å². The van der Waals surface area contributed by atoms with Crippen molar-refractivity contribution in [2.45, 2.75) is 120 Å². The minimum Gasteiger partial charge on any atom is -1.00 e. The van der Waals surface area contributed by atoms with E-state index in [4.69, 9.17) is 51.9 Å². The van der Waals surface area contributed by atoms with Crippen molar-refractivity contribution in [2.24, 2.45) is 23.7 Å². The second-order valence-electron chi connectivity index (χ2n) is 14.0. The SMILES string of the molecule is C.CC(C)[C@]1(C)COS(=O)(=O)N1C.CC(C)[C@]1(C)COS(=O)N1C.CCOC(=O)N[C@@](C)(C(=O)O)C(C)C.CN[C@@](C)(CO)C(C)C.O=S(Cl)Cl.[AlH3].[Cl][Ru]([Cl])[Cl].[H-].[Li+]. The van der Waals surface area contributed by atoms with Crippen LogP contribution in [0.5, 0.6) is 0 Å². The molecule has 26 heteroatoms. The number of rotatable bonds is 9. The second kappa shape index (κ2) is 34.4. The van der Waals surface area contributed by atoms with Crippen LogP contribution >= 0.6 is 50.4 Å². The summed E-state index contributed by atoms with van der Waals surface area (Å²) in [4.78, 5) is 22.0. The topological polar surface area (TPSA) is 201 Å². The van der Waals surface area contributed by atoms with Crippen LogP contribution in [0.4, 0.5) is 4.79 Å². The fourth-order valence-electron chi connectivity index (χ4n) is 3.56. The number of nitrogens with zero attached hydrogens (tertiary/aromatic N) is 2. The smallest absolute Gasteiger partial charge is 1.00 e. The maximum Gasteiger partial charge on any atom is 1.00 e. The number of carboxylic acids is 1. The average molecular weight is 1090 g/mol. The number of hydrogen-bond acceptors (Lipinski definition) is 11. The Morgan fingerprint density at radius 1 is 1.00 bits per heavy atom. The molecule has 2 heterocycles. The van der Waals surface area contributed by atoms with Crippen LogP contribution < -0.4 is 29.5 Å². The largest absolute Gasteiger partial charge is 1.00 e. The maximum absolute atomic E-state index is 11.2. The van der Waals surface area contributed by atoms with Crippen LogP contribution in [0.25, 0.3) is 0 Å². The van der Waals surface area contributed by atoms with Crippen molar-refractivity contribution in [2.75, 3.05) is 47.6 Å². The molecular formula is C31H72AlCl5LiN4O11RuS3. The van der Waals surface area contributed by atoms with E-state index in [2.05, 4.69) is 71.4 Å². The van der Waals surface area contributed by atoms with Gasteiger partial charge in [0, 0.05) is 41.0 Å². The van der Waals surface area contributed by atoms with Gasteiger partial charge in [0.25, 0.3) is 0 Å². The molecule has 2 saturated heterocycles. The number of carbonyl (C=O) groups is 2. The first-order valence-corrected chi connectivity index (χ1v) is 28.4. The number of carboxylic acid groups (broad SMARTS) is 1. The molecule has 0 radical (unpaired) electrons. The molecule has 0 aromatic heterocycles. The molecule has 0 aliphatic carbocycles. The number of carbonyl (C=O) groups excluding carboxylic acids is 1. The minimum absolute atomic E-state index is 0. The predicted octanol–water partition coefficient (Wildman–Crippen LogP) is 3.07. The summed E-state index contributed by atoms with van der Waals surface area (Å²) in [6.07, 6.45) is -0.703. The fourth-order valence-corrected chi connectivity index (χ4v) is 5.99. The third-order valence-corrected chi connectivity index (χ3v) is 12.5. The average Bonchev–Trinajstić information content (AvgIpc) is 3.43. The summed E-state index contributed by atoms with van der Waals surface area (Å²) in [6.45, 7) is 26.1. The van der Waals surface area contributed by atoms with Crippen molar-refractivity contribution >= 4 is 111 Å². The molecule has 15 nitrogen and oxygen atoms in total. The van der Waals surface area contributed by atoms with Crippen LogP contribution in [-0.4, -0.2) is 135 Å². The fraction of sp³-hybridized carbons (Fsp3) is 0.935. The quantitative estimate of drug-likeness (QED) is 0.195. The van der Waals surface area contributed by atoms with Crippen molar-refractivity contribution in [1.29, 1.82) is 0 Å². The molecule has 5 atom stereocenters. The number of aliphatic carboxylic acids is 1. The molecule has 0 aromatic carbocycles. The zero-order valence-corrected chi connectivity index (χ0v) is 43.0. The van der Waals surface area contributed by atoms with E-state index in [9.17, 15) is 22.2 Å². The summed E-state index contributed by atoms with van der Waals surface area (Å²) in [6, 6.07) is 0. The van der Waals surface area contributed by atoms with Gasteiger partial charge in [-0.1, -0.05) is 62.8 Å². The number of hydrogen-bond donors (Lipinski definition) is 4. The van der Waals surface area contributed by atoms with Gasteiger partial charge in [-0.15, -0.1) is 0 Å². The Hall–Kier alpha value is 1.95. The molecule has 2 aliphatic rings. The molecule has 57 heavy (non-hydrogen) atoms. The Balaban J connectivity index is -0.0000000887. The molecule has 347 valence electrons. The zero-order chi connectivity index (χ0) is 44.2. The minimum atomic E-state index is -3.44. The van der Waals surface area contributed by atoms with Gasteiger partial charge < -0.3 is 27.0 Å². The number of aliphatic hydroxyl groups is 1. The van der Waals surface area contributed by atoms with E-state index in [1.165, 1.54) is 11.2 Å². The number of likely N-dealkylation sites (N-methyl/N-ethyl adjacent to an activating group) is 3. The van der Waals surface area contributed by atoms with Crippen LogP contribution in [0, 0.1) is 23.7 Å². The summed E-state index contributed by atoms with van der Waals surface area (Å²) >= 11 is -2.98. The molecule has 1 unspecified atom stereocenters. The number of amides is 1. The molecule has 1 amide bonds. The third kappa shape index (κ3) is 27.7. The monoisotopic (exact) mass is 1080 g/mol. The van der Waals surface area contributed by atoms with E-state index in [1.807, 2.05) is 41.8 Å². The molecule has 0 spiro atoms. The Bertz CT molecular complexity index is 1280. The molecule has 2 fully saturated rings. The standard InChI is InChI=1S/C9H17NO4.C7H15NO3S.C7H15NO2S.C7H17NO.CH4.Al.Cl2OS.3ClH.Li.Ru.4H/c1-5-14-8(13)10-9(4,6(2)3)7(11)12;1-6(2)7(3)5-11-12(9,10)8(7)4;1-6(2)7(3)5-10-11(9)8(7)4;1-6(2)7(3,5-9)8-4;;;1-4(2)3;;;;;;;;;/h6H,5H2,1-4H3,(H,10,13)(H,11,12);6H,5H2,1-4H3;6H,5H2,1-4H3;6,8-9H,5H2,1-4H3;1H4;;;3*1H;;;;;;/q;;;;;;;;;;+1;+3;;;;-1/p-3/t9-;7-;7-,11?;7-;;;;;;;;;;;;/m1000............/s1. The van der Waals surface area contributed by atoms with Crippen LogP contribution in [-0.2, 0) is 61.7 Å². The van der Waals surface area contributed by atoms with Gasteiger partial charge in [0.1, 0.15) is 5.54 Å². The van der Waals surface area contributed by atoms with Gasteiger partial charge in [0.05, 0.1) is 37.5 Å². The van der Waals surface area contributed by atoms with Gasteiger partial charge >= 0.3 is 83.3 Å². The number of halogens is 5. The molecule has 0 saturated carbocycles. The predicted molar refractivity (Wildman–Crippen MR) is 237 cm³/mol. The molecule has 0 bridgehead atoms. The molecule has 2 rings (SSSR count). The van der Waals surface area contributed by atoms with Crippen molar-refractivity contribution in [3.8, 4) is 0 Å². The van der Waals surface area contributed by atoms with Gasteiger partial charge in [0.2, 0.25) is 20.5 Å². The first-order valence-electron chi connectivity index (χ1n) is 16.5. The maximum atomic E-state index is 11.2. The number of ether oxygens (including phenoxy) is 1. The molecular weight excluding hydrogens is 1010 g/mol. The first kappa shape index (κ1) is 73.4. The molecule has 2 aliphatic heterocycles. The molecule has 4 N–H and O–H groups in total. The van der Waals surface area contributed by atoms with Gasteiger partial charge in [-0.3, -0.25) is 8.37 Å². The van der Waals surface area contributed by atoms with E-state index in [0.29, 0.717) is 18.4 Å². The normalized spacial score (nSPS) is 23.2. The summed E-state index contributed by atoms with van der Waals surface area (Å²) < 4.78 is 60.1. The van der Waals surface area contributed by atoms with Gasteiger partial charge in [-0.25, -0.2) is 18.0 Å². The van der Waals surface area contributed by atoms with E-state index in [0.717, 1.165) is 0 Å². The Morgan fingerprint density at radius 2 is 1.39 bits per heavy atom. The summed E-state index contributed by atoms with van der Waals surface area (Å²) in [7, 11) is 24.0. The summed E-state index contributed by atoms with van der Waals surface area (Å²) in [5, 5.41) is 23.3. The van der Waals surface area contributed by atoms with Crippen molar-refractivity contribution in [3.63, 3.8) is 0 Å². The Labute approximate surface area is 400 Å². The van der Waals surface area contributed by atoms with Crippen LogP contribution in [0.3, 0.4) is 0 Å². The van der Waals surface area contributed by atoms with Crippen molar-refractivity contribution < 1.29 is 83.0 Å². The van der Waals surface area contributed by atoms with Gasteiger partial charge in [0.15, 0.2) is 17.4 Å². The van der Waals surface area contributed by atoms with Crippen LogP contribution in [0.1, 0.15) is 98.9 Å². The van der Waals surface area contributed by atoms with E-state index < -0.39 is 66.9 Å². The summed E-state index contributed by atoms with van der Waals surface area (Å²) in [5.41, 5.74) is -1.85.